The summed E-state index contributed by atoms with van der Waals surface area (Å²) in [6.07, 6.45) is 0.149. The Morgan fingerprint density at radius 1 is 1.47 bits per heavy atom. The second kappa shape index (κ2) is 8.76. The van der Waals surface area contributed by atoms with Gasteiger partial charge in [-0.25, -0.2) is 0 Å². The molecule has 4 nitrogen and oxygen atoms in total. The number of nitrogens with one attached hydrogen (secondary N) is 1. The monoisotopic (exact) mass is 282 g/mol. The van der Waals surface area contributed by atoms with E-state index in [-0.39, 0.29) is 0 Å². The van der Waals surface area contributed by atoms with Crippen LogP contribution in [0.1, 0.15) is 18.9 Å². The highest BCUT2D eigenvalue weighted by Gasteiger charge is 2.13. The summed E-state index contributed by atoms with van der Waals surface area (Å²) in [5, 5.41) is 12.7. The van der Waals surface area contributed by atoms with Crippen molar-refractivity contribution in [1.29, 1.82) is 5.26 Å². The molecule has 1 unspecified atom stereocenters. The molecule has 0 aliphatic carbocycles. The molecule has 0 saturated heterocycles. The fraction of sp³-hybridized carbons (Fsp3) is 0.500. The average molecular weight is 283 g/mol. The van der Waals surface area contributed by atoms with E-state index in [0.29, 0.717) is 30.3 Å². The Kier molecular flexibility index (Phi) is 7.27. The molecule has 1 aromatic rings. The number of benzene rings is 1. The molecule has 1 atom stereocenters. The molecule has 0 aliphatic heterocycles. The summed E-state index contributed by atoms with van der Waals surface area (Å²) in [6.45, 7) is 3.92. The van der Waals surface area contributed by atoms with Crippen molar-refractivity contribution >= 4 is 11.6 Å². The number of nitriles is 1. The lowest BCUT2D eigenvalue weighted by Gasteiger charge is -2.16. The molecule has 1 rings (SSSR count). The quantitative estimate of drug-likeness (QED) is 0.745. The number of hydrogen-bond acceptors (Lipinski definition) is 4. The third-order valence-electron chi connectivity index (χ3n) is 2.62. The van der Waals surface area contributed by atoms with Crippen LogP contribution in [0.15, 0.2) is 18.2 Å². The summed E-state index contributed by atoms with van der Waals surface area (Å²) < 4.78 is 10.6. The van der Waals surface area contributed by atoms with Crippen LogP contribution in [0, 0.1) is 11.3 Å². The zero-order chi connectivity index (χ0) is 14.1. The van der Waals surface area contributed by atoms with E-state index < -0.39 is 6.10 Å². The molecule has 0 heterocycles. The van der Waals surface area contributed by atoms with Crippen molar-refractivity contribution in [3.05, 3.63) is 28.8 Å². The SMILES string of the molecule is CCC(C#N)Oc1c(Cl)cccc1CNCCOC. The Morgan fingerprint density at radius 3 is 2.89 bits per heavy atom. The van der Waals surface area contributed by atoms with Crippen LogP contribution >= 0.6 is 11.6 Å². The molecule has 0 amide bonds. The minimum atomic E-state index is -0.474. The zero-order valence-corrected chi connectivity index (χ0v) is 12.0. The number of halogens is 1. The van der Waals surface area contributed by atoms with Crippen molar-refractivity contribution in [2.45, 2.75) is 26.0 Å². The van der Waals surface area contributed by atoms with E-state index in [1.807, 2.05) is 19.1 Å². The van der Waals surface area contributed by atoms with Crippen LogP contribution in [0.5, 0.6) is 5.75 Å². The van der Waals surface area contributed by atoms with Crippen molar-refractivity contribution in [2.75, 3.05) is 20.3 Å². The highest BCUT2D eigenvalue weighted by molar-refractivity contribution is 6.32. The number of methoxy groups -OCH3 is 1. The Morgan fingerprint density at radius 2 is 2.26 bits per heavy atom. The van der Waals surface area contributed by atoms with Crippen LogP contribution in [-0.4, -0.2) is 26.4 Å². The molecule has 5 heteroatoms. The first-order chi connectivity index (χ1) is 9.22. The molecule has 19 heavy (non-hydrogen) atoms. The van der Waals surface area contributed by atoms with Crippen molar-refractivity contribution in [3.8, 4) is 11.8 Å². The number of ether oxygens (including phenoxy) is 2. The van der Waals surface area contributed by atoms with Crippen LogP contribution in [0.4, 0.5) is 0 Å². The average Bonchev–Trinajstić information content (AvgIpc) is 2.43. The number of rotatable bonds is 8. The van der Waals surface area contributed by atoms with Gasteiger partial charge in [-0.3, -0.25) is 0 Å². The second-order valence-electron chi connectivity index (χ2n) is 4.04. The highest BCUT2D eigenvalue weighted by atomic mass is 35.5. The molecule has 0 aliphatic rings. The maximum atomic E-state index is 8.96. The van der Waals surface area contributed by atoms with E-state index in [1.54, 1.807) is 13.2 Å². The molecule has 0 saturated carbocycles. The van der Waals surface area contributed by atoms with E-state index in [0.717, 1.165) is 12.1 Å². The standard InChI is InChI=1S/C14H19ClN2O2/c1-3-12(9-16)19-14-11(5-4-6-13(14)15)10-17-7-8-18-2/h4-6,12,17H,3,7-8,10H2,1-2H3. The summed E-state index contributed by atoms with van der Waals surface area (Å²) in [4.78, 5) is 0. The predicted molar refractivity (Wildman–Crippen MR) is 75.4 cm³/mol. The molecule has 104 valence electrons. The number of nitrogens with zero attached hydrogens (tertiary/aromatic N) is 1. The van der Waals surface area contributed by atoms with E-state index >= 15 is 0 Å². The first-order valence-corrected chi connectivity index (χ1v) is 6.64. The van der Waals surface area contributed by atoms with Gasteiger partial charge in [-0.2, -0.15) is 5.26 Å². The molecular weight excluding hydrogens is 264 g/mol. The molecule has 1 aromatic carbocycles. The second-order valence-corrected chi connectivity index (χ2v) is 4.45. The topological polar surface area (TPSA) is 54.3 Å². The van der Waals surface area contributed by atoms with Gasteiger partial charge < -0.3 is 14.8 Å². The van der Waals surface area contributed by atoms with Gasteiger partial charge in [0, 0.05) is 25.8 Å². The van der Waals surface area contributed by atoms with E-state index in [9.17, 15) is 0 Å². The fourth-order valence-corrected chi connectivity index (χ4v) is 1.80. The molecule has 0 spiro atoms. The summed E-state index contributed by atoms with van der Waals surface area (Å²) in [5.41, 5.74) is 0.942. The van der Waals surface area contributed by atoms with Gasteiger partial charge in [-0.15, -0.1) is 0 Å². The summed E-state index contributed by atoms with van der Waals surface area (Å²) in [5.74, 6) is 0.586. The Balaban J connectivity index is 2.74. The highest BCUT2D eigenvalue weighted by Crippen LogP contribution is 2.29. The van der Waals surface area contributed by atoms with Gasteiger partial charge >= 0.3 is 0 Å². The van der Waals surface area contributed by atoms with Crippen molar-refractivity contribution < 1.29 is 9.47 Å². The van der Waals surface area contributed by atoms with Gasteiger partial charge in [0.25, 0.3) is 0 Å². The zero-order valence-electron chi connectivity index (χ0n) is 11.3. The van der Waals surface area contributed by atoms with Crippen molar-refractivity contribution in [1.82, 2.24) is 5.32 Å². The van der Waals surface area contributed by atoms with Gasteiger partial charge in [-0.1, -0.05) is 30.7 Å². The summed E-state index contributed by atoms with van der Waals surface area (Å²) in [7, 11) is 1.66. The summed E-state index contributed by atoms with van der Waals surface area (Å²) in [6, 6.07) is 7.68. The van der Waals surface area contributed by atoms with E-state index in [2.05, 4.69) is 11.4 Å². The normalized spacial score (nSPS) is 11.9. The maximum Gasteiger partial charge on any atom is 0.184 e. The smallest absolute Gasteiger partial charge is 0.184 e. The van der Waals surface area contributed by atoms with Crippen molar-refractivity contribution in [2.24, 2.45) is 0 Å². The molecule has 0 bridgehead atoms. The van der Waals surface area contributed by atoms with Crippen LogP contribution in [0.3, 0.4) is 0 Å². The van der Waals surface area contributed by atoms with Gasteiger partial charge in [0.1, 0.15) is 11.8 Å². The van der Waals surface area contributed by atoms with E-state index in [1.165, 1.54) is 0 Å². The molecule has 0 aromatic heterocycles. The van der Waals surface area contributed by atoms with Gasteiger partial charge in [0.05, 0.1) is 11.6 Å². The molecule has 0 radical (unpaired) electrons. The minimum Gasteiger partial charge on any atom is -0.474 e. The number of para-hydroxylation sites is 1. The molecule has 0 fully saturated rings. The third-order valence-corrected chi connectivity index (χ3v) is 2.92. The lowest BCUT2D eigenvalue weighted by atomic mass is 10.2. The van der Waals surface area contributed by atoms with Gasteiger partial charge in [0.2, 0.25) is 0 Å². The first kappa shape index (κ1) is 15.8. The van der Waals surface area contributed by atoms with Crippen LogP contribution < -0.4 is 10.1 Å². The van der Waals surface area contributed by atoms with Crippen LogP contribution in [0.25, 0.3) is 0 Å². The largest absolute Gasteiger partial charge is 0.474 e. The lowest BCUT2D eigenvalue weighted by molar-refractivity contribution is 0.198. The first-order valence-electron chi connectivity index (χ1n) is 6.26. The van der Waals surface area contributed by atoms with Crippen LogP contribution in [-0.2, 0) is 11.3 Å². The lowest BCUT2D eigenvalue weighted by Crippen LogP contribution is -2.20. The number of hydrogen-bond donors (Lipinski definition) is 1. The van der Waals surface area contributed by atoms with Crippen LogP contribution in [0.2, 0.25) is 5.02 Å². The third kappa shape index (κ3) is 5.07. The van der Waals surface area contributed by atoms with Gasteiger partial charge in [0.15, 0.2) is 6.10 Å². The Labute approximate surface area is 119 Å². The predicted octanol–water partition coefficient (Wildman–Crippen LogP) is 2.76. The van der Waals surface area contributed by atoms with Gasteiger partial charge in [-0.05, 0) is 12.5 Å². The summed E-state index contributed by atoms with van der Waals surface area (Å²) >= 11 is 6.14. The fourth-order valence-electron chi connectivity index (χ4n) is 1.57. The van der Waals surface area contributed by atoms with E-state index in [4.69, 9.17) is 26.3 Å². The molecular formula is C14H19ClN2O2. The Hall–Kier alpha value is -1.28. The maximum absolute atomic E-state index is 8.96. The van der Waals surface area contributed by atoms with Crippen molar-refractivity contribution in [3.63, 3.8) is 0 Å². The minimum absolute atomic E-state index is 0.474. The Bertz CT molecular complexity index is 432. The molecule has 1 N–H and O–H groups in total.